The molecule has 0 aliphatic carbocycles. The summed E-state index contributed by atoms with van der Waals surface area (Å²) >= 11 is 0. The minimum absolute atomic E-state index is 0.767. The van der Waals surface area contributed by atoms with Crippen LogP contribution in [-0.4, -0.2) is 57.9 Å². The van der Waals surface area contributed by atoms with Crippen LogP contribution in [0.3, 0.4) is 0 Å². The normalized spacial score (nSPS) is 13.7. The Morgan fingerprint density at radius 2 is 1.27 bits per heavy atom. The van der Waals surface area contributed by atoms with E-state index in [-0.39, 0.29) is 0 Å². The van der Waals surface area contributed by atoms with Gasteiger partial charge in [-0.1, -0.05) is 0 Å². The molecule has 0 heterocycles. The Balaban J connectivity index is 5.01. The van der Waals surface area contributed by atoms with Gasteiger partial charge in [-0.15, -0.1) is 0 Å². The minimum atomic E-state index is -3.88. The van der Waals surface area contributed by atoms with Gasteiger partial charge < -0.3 is 13.3 Å². The molecule has 0 rings (SSSR count). The molecule has 0 atom stereocenters. The predicted molar refractivity (Wildman–Crippen MR) is 54.3 cm³/mol. The van der Waals surface area contributed by atoms with Crippen LogP contribution in [0.15, 0.2) is 0 Å². The highest BCUT2D eigenvalue weighted by Gasteiger charge is 2.37. The fourth-order valence-electron chi connectivity index (χ4n) is 0.750. The average Bonchev–Trinajstić information content (AvgIpc) is 2.01. The van der Waals surface area contributed by atoms with Crippen LogP contribution in [0.2, 0.25) is 0 Å². The van der Waals surface area contributed by atoms with Crippen molar-refractivity contribution in [2.75, 3.05) is 26.7 Å². The van der Waals surface area contributed by atoms with E-state index < -0.39 is 34.0 Å². The van der Waals surface area contributed by atoms with Crippen LogP contribution in [0.4, 0.5) is 0 Å². The van der Waals surface area contributed by atoms with E-state index in [1.54, 1.807) is 0 Å². The maximum absolute atomic E-state index is 11.1. The maximum atomic E-state index is 11.1. The zero-order valence-electron chi connectivity index (χ0n) is 8.75. The van der Waals surface area contributed by atoms with Crippen LogP contribution in [0.25, 0.3) is 0 Å². The number of rotatable bonds is 6. The van der Waals surface area contributed by atoms with Gasteiger partial charge in [-0.2, -0.15) is 0 Å². The van der Waals surface area contributed by atoms with Gasteiger partial charge in [0.1, 0.15) is 0 Å². The molecule has 7 nitrogen and oxygen atoms in total. The molecular formula is C5H13O7S2Si. The van der Waals surface area contributed by atoms with E-state index in [0.717, 1.165) is 12.5 Å². The molecule has 0 aromatic rings. The number of sulfone groups is 2. The quantitative estimate of drug-likeness (QED) is 0.554. The third-order valence-electron chi connectivity index (χ3n) is 1.22. The van der Waals surface area contributed by atoms with E-state index in [4.69, 9.17) is 4.43 Å². The lowest BCUT2D eigenvalue weighted by Crippen LogP contribution is -2.39. The highest BCUT2D eigenvalue weighted by molar-refractivity contribution is 8.08. The summed E-state index contributed by atoms with van der Waals surface area (Å²) in [5.41, 5.74) is 0. The molecule has 0 aromatic heterocycles. The van der Waals surface area contributed by atoms with E-state index in [9.17, 15) is 16.8 Å². The van der Waals surface area contributed by atoms with Crippen LogP contribution < -0.4 is 0 Å². The van der Waals surface area contributed by atoms with Crippen LogP contribution >= 0.6 is 0 Å². The van der Waals surface area contributed by atoms with Crippen molar-refractivity contribution in [1.29, 1.82) is 0 Å². The van der Waals surface area contributed by atoms with Crippen molar-refractivity contribution in [3.63, 3.8) is 0 Å². The van der Waals surface area contributed by atoms with Crippen LogP contribution in [0, 0.1) is 0 Å². The van der Waals surface area contributed by atoms with Gasteiger partial charge in [-0.05, 0) is 0 Å². The number of hydrogen-bond acceptors (Lipinski definition) is 7. The summed E-state index contributed by atoms with van der Waals surface area (Å²) in [7, 11) is -7.64. The lowest BCUT2D eigenvalue weighted by Gasteiger charge is -2.16. The second-order valence-electron chi connectivity index (χ2n) is 2.72. The van der Waals surface area contributed by atoms with E-state index in [0.29, 0.717) is 0 Å². The third kappa shape index (κ3) is 5.04. The first-order valence-electron chi connectivity index (χ1n) is 3.62. The Morgan fingerprint density at radius 3 is 1.47 bits per heavy atom. The van der Waals surface area contributed by atoms with Crippen LogP contribution in [0.1, 0.15) is 0 Å². The molecule has 15 heavy (non-hydrogen) atoms. The Kier molecular flexibility index (Phi) is 5.36. The maximum Gasteiger partial charge on any atom is 0.579 e. The molecule has 10 heteroatoms. The molecule has 0 aliphatic heterocycles. The van der Waals surface area contributed by atoms with Crippen LogP contribution in [0.5, 0.6) is 0 Å². The summed E-state index contributed by atoms with van der Waals surface area (Å²) in [4.78, 5) is 0. The average molecular weight is 277 g/mol. The van der Waals surface area contributed by atoms with Gasteiger partial charge in [0.25, 0.3) is 4.77 Å². The minimum Gasteiger partial charge on any atom is -0.375 e. The molecule has 91 valence electrons. The van der Waals surface area contributed by atoms with Gasteiger partial charge >= 0.3 is 9.53 Å². The Morgan fingerprint density at radius 1 is 0.933 bits per heavy atom. The van der Waals surface area contributed by atoms with Crippen molar-refractivity contribution in [3.8, 4) is 0 Å². The van der Waals surface area contributed by atoms with E-state index in [1.807, 2.05) is 0 Å². The second-order valence-corrected chi connectivity index (χ2v) is 8.75. The molecule has 0 spiro atoms. The smallest absolute Gasteiger partial charge is 0.375 e. The second kappa shape index (κ2) is 5.36. The summed E-state index contributed by atoms with van der Waals surface area (Å²) in [5, 5.41) is 0. The fourth-order valence-corrected chi connectivity index (χ4v) is 5.68. The monoisotopic (exact) mass is 277 g/mol. The summed E-state index contributed by atoms with van der Waals surface area (Å²) in [6, 6.07) is 0. The van der Waals surface area contributed by atoms with Crippen molar-refractivity contribution in [2.24, 2.45) is 0 Å². The molecule has 0 amide bonds. The molecule has 0 N–H and O–H groups in total. The van der Waals surface area contributed by atoms with Crippen molar-refractivity contribution in [2.45, 2.75) is 4.77 Å². The number of hydrogen-bond donors (Lipinski definition) is 0. The molecule has 0 saturated carbocycles. The molecular weight excluding hydrogens is 264 g/mol. The third-order valence-corrected chi connectivity index (χ3v) is 6.35. The molecule has 0 aromatic carbocycles. The topological polar surface area (TPSA) is 96.0 Å². The Hall–Kier alpha value is -0.00312. The highest BCUT2D eigenvalue weighted by atomic mass is 32.3. The molecule has 0 unspecified atom stereocenters. The first-order valence-corrected chi connectivity index (χ1v) is 8.75. The highest BCUT2D eigenvalue weighted by Crippen LogP contribution is 2.11. The summed E-state index contributed by atoms with van der Waals surface area (Å²) in [6.07, 6.45) is 1.53. The Labute approximate surface area is 91.1 Å². The first kappa shape index (κ1) is 15.0. The fraction of sp³-hybridized carbons (Fsp3) is 1.00. The first-order chi connectivity index (χ1) is 6.62. The summed E-state index contributed by atoms with van der Waals surface area (Å²) in [6.45, 7) is 0. The van der Waals surface area contributed by atoms with Gasteiger partial charge in [0.05, 0.1) is 0 Å². The van der Waals surface area contributed by atoms with Crippen molar-refractivity contribution >= 4 is 29.2 Å². The van der Waals surface area contributed by atoms with Crippen molar-refractivity contribution < 1.29 is 30.1 Å². The molecule has 0 bridgehead atoms. The van der Waals surface area contributed by atoms with Gasteiger partial charge in [0.2, 0.25) is 0 Å². The molecule has 0 aliphatic rings. The summed E-state index contributed by atoms with van der Waals surface area (Å²) in [5.74, 6) is 0. The molecule has 0 fully saturated rings. The van der Waals surface area contributed by atoms with Crippen molar-refractivity contribution in [1.82, 2.24) is 0 Å². The zero-order chi connectivity index (χ0) is 12.3. The van der Waals surface area contributed by atoms with E-state index in [2.05, 4.69) is 8.85 Å². The molecule has 1 radical (unpaired) electrons. The largest absolute Gasteiger partial charge is 0.579 e. The predicted octanol–water partition coefficient (Wildman–Crippen LogP) is -1.35. The van der Waals surface area contributed by atoms with E-state index >= 15 is 0 Å². The van der Waals surface area contributed by atoms with Gasteiger partial charge in [-0.3, -0.25) is 0 Å². The van der Waals surface area contributed by atoms with Gasteiger partial charge in [0, 0.05) is 26.7 Å². The van der Waals surface area contributed by atoms with E-state index in [1.165, 1.54) is 14.2 Å². The lowest BCUT2D eigenvalue weighted by molar-refractivity contribution is 0.143. The molecule has 0 saturated heterocycles. The van der Waals surface area contributed by atoms with Gasteiger partial charge in [0.15, 0.2) is 19.7 Å². The standard InChI is InChI=1S/C5H13O7S2Si/c1-10-15(11-2)12-5(13(3,6)7)14(4,8)9/h5H,1-4H3. The van der Waals surface area contributed by atoms with Crippen LogP contribution in [-0.2, 0) is 33.0 Å². The Bertz CT molecular complexity index is 350. The SMILES string of the molecule is CO[Si](OC)OC(S(C)(=O)=O)S(C)(=O)=O. The lowest BCUT2D eigenvalue weighted by atomic mass is 11.7. The summed E-state index contributed by atoms with van der Waals surface area (Å²) < 4.78 is 56.7. The van der Waals surface area contributed by atoms with Gasteiger partial charge in [-0.25, -0.2) is 16.8 Å². The zero-order valence-corrected chi connectivity index (χ0v) is 11.4. The van der Waals surface area contributed by atoms with Crippen molar-refractivity contribution in [3.05, 3.63) is 0 Å².